The van der Waals surface area contributed by atoms with Crippen molar-refractivity contribution >= 4 is 21.6 Å². The summed E-state index contributed by atoms with van der Waals surface area (Å²) < 4.78 is 1.14. The highest BCUT2D eigenvalue weighted by Crippen LogP contribution is 2.25. The second-order valence-corrected chi connectivity index (χ2v) is 6.09. The van der Waals surface area contributed by atoms with Crippen LogP contribution in [0.25, 0.3) is 0 Å². The van der Waals surface area contributed by atoms with Crippen LogP contribution < -0.4 is 10.2 Å². The molecular formula is C14H21BrN2O. The van der Waals surface area contributed by atoms with Crippen molar-refractivity contribution in [2.75, 3.05) is 31.1 Å². The Balaban J connectivity index is 2.20. The molecule has 3 nitrogen and oxygen atoms in total. The summed E-state index contributed by atoms with van der Waals surface area (Å²) >= 11 is 3.59. The lowest BCUT2D eigenvalue weighted by molar-refractivity contribution is 0.247. The Kier molecular flexibility index (Phi) is 4.65. The molecule has 2 N–H and O–H groups in total. The Morgan fingerprint density at radius 2 is 2.22 bits per heavy atom. The van der Waals surface area contributed by atoms with Crippen molar-refractivity contribution in [2.45, 2.75) is 19.9 Å². The number of hydrogen-bond acceptors (Lipinski definition) is 3. The molecule has 1 heterocycles. The zero-order chi connectivity index (χ0) is 13.1. The Morgan fingerprint density at radius 1 is 1.44 bits per heavy atom. The smallest absolute Gasteiger partial charge is 0.0601 e. The van der Waals surface area contributed by atoms with Gasteiger partial charge in [0.25, 0.3) is 0 Å². The summed E-state index contributed by atoms with van der Waals surface area (Å²) in [7, 11) is 0. The number of hydrogen-bond donors (Lipinski definition) is 2. The van der Waals surface area contributed by atoms with Crippen molar-refractivity contribution in [3.63, 3.8) is 0 Å². The predicted molar refractivity (Wildman–Crippen MR) is 79.1 cm³/mol. The zero-order valence-corrected chi connectivity index (χ0v) is 12.6. The molecule has 1 saturated heterocycles. The van der Waals surface area contributed by atoms with Crippen LogP contribution in [0.5, 0.6) is 0 Å². The number of aryl methyl sites for hydroxylation is 1. The van der Waals surface area contributed by atoms with E-state index < -0.39 is 0 Å². The van der Waals surface area contributed by atoms with Crippen LogP contribution in [0.4, 0.5) is 5.69 Å². The first-order chi connectivity index (χ1) is 8.60. The van der Waals surface area contributed by atoms with E-state index >= 15 is 0 Å². The zero-order valence-electron chi connectivity index (χ0n) is 11.0. The molecule has 0 amide bonds. The molecule has 2 unspecified atom stereocenters. The average molecular weight is 313 g/mol. The van der Waals surface area contributed by atoms with Gasteiger partial charge in [0, 0.05) is 29.3 Å². The quantitative estimate of drug-likeness (QED) is 0.878. The summed E-state index contributed by atoms with van der Waals surface area (Å²) in [6, 6.07) is 6.63. The van der Waals surface area contributed by atoms with Gasteiger partial charge in [-0.2, -0.15) is 0 Å². The molecule has 0 radical (unpaired) electrons. The Labute approximate surface area is 117 Å². The number of nitrogens with zero attached hydrogens (tertiary/aromatic N) is 1. The summed E-state index contributed by atoms with van der Waals surface area (Å²) in [6.45, 7) is 7.38. The third kappa shape index (κ3) is 3.25. The summed E-state index contributed by atoms with van der Waals surface area (Å²) in [5.41, 5.74) is 2.47. The first kappa shape index (κ1) is 13.8. The van der Waals surface area contributed by atoms with Gasteiger partial charge in [0.2, 0.25) is 0 Å². The van der Waals surface area contributed by atoms with Crippen LogP contribution in [-0.2, 0) is 0 Å². The maximum Gasteiger partial charge on any atom is 0.0601 e. The summed E-state index contributed by atoms with van der Waals surface area (Å²) in [4.78, 5) is 2.36. The highest BCUT2D eigenvalue weighted by molar-refractivity contribution is 9.10. The van der Waals surface area contributed by atoms with Crippen molar-refractivity contribution < 1.29 is 5.11 Å². The molecule has 2 rings (SSSR count). The highest BCUT2D eigenvalue weighted by Gasteiger charge is 2.21. The predicted octanol–water partition coefficient (Wildman–Crippen LogP) is 2.16. The number of aliphatic hydroxyl groups is 1. The number of anilines is 1. The van der Waals surface area contributed by atoms with Gasteiger partial charge in [0.15, 0.2) is 0 Å². The Hall–Kier alpha value is -0.580. The van der Waals surface area contributed by atoms with E-state index in [0.717, 1.165) is 24.1 Å². The van der Waals surface area contributed by atoms with E-state index in [2.05, 4.69) is 58.2 Å². The van der Waals surface area contributed by atoms with Gasteiger partial charge in [-0.15, -0.1) is 0 Å². The average Bonchev–Trinajstić information content (AvgIpc) is 2.54. The topological polar surface area (TPSA) is 35.5 Å². The van der Waals surface area contributed by atoms with Crippen molar-refractivity contribution in [3.8, 4) is 0 Å². The first-order valence-electron chi connectivity index (χ1n) is 6.45. The summed E-state index contributed by atoms with van der Waals surface area (Å²) in [5.74, 6) is 0.585. The molecular weight excluding hydrogens is 292 g/mol. The minimum absolute atomic E-state index is 0.162. The molecule has 0 bridgehead atoms. The van der Waals surface area contributed by atoms with Gasteiger partial charge in [-0.1, -0.05) is 28.9 Å². The van der Waals surface area contributed by atoms with Crippen LogP contribution in [0.2, 0.25) is 0 Å². The van der Waals surface area contributed by atoms with Gasteiger partial charge in [-0.05, 0) is 37.1 Å². The van der Waals surface area contributed by atoms with Crippen molar-refractivity contribution in [2.24, 2.45) is 5.92 Å². The SMILES string of the molecule is Cc1ccc(N2CC(C)CNC(CO)C2)cc1Br. The van der Waals surface area contributed by atoms with Gasteiger partial charge in [0.05, 0.1) is 6.61 Å². The number of aliphatic hydroxyl groups excluding tert-OH is 1. The Bertz CT molecular complexity index is 411. The monoisotopic (exact) mass is 312 g/mol. The molecule has 4 heteroatoms. The van der Waals surface area contributed by atoms with Gasteiger partial charge in [-0.3, -0.25) is 0 Å². The highest BCUT2D eigenvalue weighted by atomic mass is 79.9. The van der Waals surface area contributed by atoms with E-state index in [0.29, 0.717) is 5.92 Å². The van der Waals surface area contributed by atoms with Gasteiger partial charge < -0.3 is 15.3 Å². The second-order valence-electron chi connectivity index (χ2n) is 5.23. The number of rotatable bonds is 2. The molecule has 1 aromatic carbocycles. The van der Waals surface area contributed by atoms with Crippen molar-refractivity contribution in [3.05, 3.63) is 28.2 Å². The number of nitrogens with one attached hydrogen (secondary N) is 1. The van der Waals surface area contributed by atoms with Crippen LogP contribution in [0.1, 0.15) is 12.5 Å². The van der Waals surface area contributed by atoms with Crippen LogP contribution >= 0.6 is 15.9 Å². The fourth-order valence-corrected chi connectivity index (χ4v) is 2.69. The lowest BCUT2D eigenvalue weighted by Crippen LogP contribution is -2.40. The van der Waals surface area contributed by atoms with E-state index in [4.69, 9.17) is 0 Å². The molecule has 0 saturated carbocycles. The van der Waals surface area contributed by atoms with E-state index in [1.165, 1.54) is 11.3 Å². The van der Waals surface area contributed by atoms with E-state index in [1.807, 2.05) is 0 Å². The lowest BCUT2D eigenvalue weighted by Gasteiger charge is -2.27. The van der Waals surface area contributed by atoms with Gasteiger partial charge >= 0.3 is 0 Å². The van der Waals surface area contributed by atoms with Crippen LogP contribution in [0.15, 0.2) is 22.7 Å². The maximum atomic E-state index is 9.37. The first-order valence-corrected chi connectivity index (χ1v) is 7.24. The fraction of sp³-hybridized carbons (Fsp3) is 0.571. The largest absolute Gasteiger partial charge is 0.395 e. The van der Waals surface area contributed by atoms with Crippen LogP contribution in [-0.4, -0.2) is 37.4 Å². The molecule has 1 fully saturated rings. The minimum Gasteiger partial charge on any atom is -0.395 e. The summed E-state index contributed by atoms with van der Waals surface area (Å²) in [5, 5.41) is 12.8. The standard InChI is InChI=1S/C14H21BrN2O/c1-10-6-16-12(9-18)8-17(7-10)13-4-3-11(2)14(15)5-13/h3-5,10,12,16,18H,6-9H2,1-2H3. The molecule has 2 atom stereocenters. The number of benzene rings is 1. The third-order valence-corrected chi connectivity index (χ3v) is 4.32. The number of halogens is 1. The Morgan fingerprint density at radius 3 is 2.89 bits per heavy atom. The molecule has 0 aliphatic carbocycles. The fourth-order valence-electron chi connectivity index (χ4n) is 2.33. The van der Waals surface area contributed by atoms with E-state index in [9.17, 15) is 5.11 Å². The van der Waals surface area contributed by atoms with Gasteiger partial charge in [0.1, 0.15) is 0 Å². The van der Waals surface area contributed by atoms with E-state index in [1.54, 1.807) is 0 Å². The molecule has 100 valence electrons. The minimum atomic E-state index is 0.162. The van der Waals surface area contributed by atoms with Gasteiger partial charge in [-0.25, -0.2) is 0 Å². The second kappa shape index (κ2) is 6.04. The molecule has 1 aromatic rings. The van der Waals surface area contributed by atoms with Crippen molar-refractivity contribution in [1.29, 1.82) is 0 Å². The summed E-state index contributed by atoms with van der Waals surface area (Å²) in [6.07, 6.45) is 0. The molecule has 0 spiro atoms. The van der Waals surface area contributed by atoms with Crippen LogP contribution in [0.3, 0.4) is 0 Å². The maximum absolute atomic E-state index is 9.37. The molecule has 1 aliphatic heterocycles. The third-order valence-electron chi connectivity index (χ3n) is 3.47. The normalized spacial score (nSPS) is 25.0. The lowest BCUT2D eigenvalue weighted by atomic mass is 10.1. The molecule has 18 heavy (non-hydrogen) atoms. The van der Waals surface area contributed by atoms with Crippen LogP contribution in [0, 0.1) is 12.8 Å². The molecule has 1 aliphatic rings. The van der Waals surface area contributed by atoms with E-state index in [-0.39, 0.29) is 12.6 Å². The molecule has 0 aromatic heterocycles. The van der Waals surface area contributed by atoms with Crippen molar-refractivity contribution in [1.82, 2.24) is 5.32 Å².